The van der Waals surface area contributed by atoms with Crippen molar-refractivity contribution < 1.29 is 4.92 Å². The van der Waals surface area contributed by atoms with Crippen LogP contribution in [-0.4, -0.2) is 4.92 Å². The number of rotatable bonds is 5. The number of hydrogen-bond donors (Lipinski definition) is 2. The molecule has 0 radical (unpaired) electrons. The highest BCUT2D eigenvalue weighted by molar-refractivity contribution is 5.78. The molecule has 0 aliphatic heterocycles. The Balaban J connectivity index is 2.41. The summed E-state index contributed by atoms with van der Waals surface area (Å²) in [6, 6.07) is 6.50. The standard InChI is InChI=1S/C16H18N4O4/c1-9-5-11(3)15(13(7-9)19(21)22)17-18-16-12(4)6-10(2)8-14(16)20(23)24/h5-8,17-18H,1-4H3/q-2. The summed E-state index contributed by atoms with van der Waals surface area (Å²) in [6.45, 7) is 7.01. The van der Waals surface area contributed by atoms with Gasteiger partial charge in [0.15, 0.2) is 0 Å². The summed E-state index contributed by atoms with van der Waals surface area (Å²) in [5.74, 6) is 0. The molecular weight excluding hydrogens is 312 g/mol. The van der Waals surface area contributed by atoms with Gasteiger partial charge in [-0.2, -0.15) is 0 Å². The summed E-state index contributed by atoms with van der Waals surface area (Å²) in [6.07, 6.45) is 0. The van der Waals surface area contributed by atoms with Crippen LogP contribution < -0.4 is 16.1 Å². The minimum absolute atomic E-state index is 0.0904. The van der Waals surface area contributed by atoms with E-state index in [0.29, 0.717) is 11.1 Å². The molecule has 128 valence electrons. The minimum Gasteiger partial charge on any atom is -0.769 e. The van der Waals surface area contributed by atoms with E-state index in [4.69, 9.17) is 0 Å². The highest BCUT2D eigenvalue weighted by Crippen LogP contribution is 2.33. The number of nitrogens with one attached hydrogen (secondary N) is 2. The molecule has 0 aromatic heterocycles. The van der Waals surface area contributed by atoms with Crippen molar-refractivity contribution in [3.8, 4) is 0 Å². The molecule has 2 aromatic rings. The predicted octanol–water partition coefficient (Wildman–Crippen LogP) is 4.07. The van der Waals surface area contributed by atoms with Gasteiger partial charge in [-0.05, 0) is 56.0 Å². The van der Waals surface area contributed by atoms with E-state index >= 15 is 0 Å². The quantitative estimate of drug-likeness (QED) is 0.627. The van der Waals surface area contributed by atoms with Crippen LogP contribution in [0.3, 0.4) is 0 Å². The van der Waals surface area contributed by atoms with E-state index in [9.17, 15) is 20.5 Å². The van der Waals surface area contributed by atoms with Crippen molar-refractivity contribution in [2.45, 2.75) is 27.7 Å². The van der Waals surface area contributed by atoms with E-state index in [2.05, 4.69) is 10.9 Å². The van der Waals surface area contributed by atoms with Gasteiger partial charge in [-0.15, -0.1) is 0 Å². The number of nitrogens with zero attached hydrogens (tertiary/aromatic N) is 2. The number of hydrogen-bond acceptors (Lipinski definition) is 7. The number of hydrazine groups is 1. The Bertz CT molecular complexity index is 790. The monoisotopic (exact) mass is 330 g/mol. The lowest BCUT2D eigenvalue weighted by Gasteiger charge is -2.39. The maximum atomic E-state index is 11.3. The summed E-state index contributed by atoms with van der Waals surface area (Å²) >= 11 is 0. The molecule has 2 N–H and O–H groups in total. The van der Waals surface area contributed by atoms with Crippen molar-refractivity contribution in [2.75, 3.05) is 16.1 Å². The fourth-order valence-electron chi connectivity index (χ4n) is 2.63. The molecule has 0 unspecified atom stereocenters. The summed E-state index contributed by atoms with van der Waals surface area (Å²) in [7, 11) is 0. The summed E-state index contributed by atoms with van der Waals surface area (Å²) in [5, 5.41) is 33.3. The SMILES string of the molecule is Cc1cc(C)c(NNc2c(C)cc(C)cc2[N+](=O)[O-])c(N([O-])[O-])c1. The molecule has 0 fully saturated rings. The fraction of sp³-hybridized carbons (Fsp3) is 0.250. The van der Waals surface area contributed by atoms with Crippen LogP contribution in [-0.2, 0) is 0 Å². The van der Waals surface area contributed by atoms with E-state index in [-0.39, 0.29) is 22.7 Å². The van der Waals surface area contributed by atoms with Gasteiger partial charge < -0.3 is 15.6 Å². The van der Waals surface area contributed by atoms with Crippen molar-refractivity contribution >= 4 is 22.7 Å². The van der Waals surface area contributed by atoms with E-state index in [1.165, 1.54) is 12.1 Å². The highest BCUT2D eigenvalue weighted by Gasteiger charge is 2.17. The zero-order valence-corrected chi connectivity index (χ0v) is 13.8. The molecule has 8 heteroatoms. The zero-order valence-electron chi connectivity index (χ0n) is 13.8. The summed E-state index contributed by atoms with van der Waals surface area (Å²) in [4.78, 5) is 10.8. The topological polar surface area (TPSA) is 117 Å². The van der Waals surface area contributed by atoms with Crippen LogP contribution in [0.1, 0.15) is 22.3 Å². The van der Waals surface area contributed by atoms with Crippen molar-refractivity contribution in [3.05, 3.63) is 67.0 Å². The van der Waals surface area contributed by atoms with Crippen LogP contribution in [0.25, 0.3) is 0 Å². The maximum Gasteiger partial charge on any atom is 0.294 e. The van der Waals surface area contributed by atoms with E-state index in [1.807, 2.05) is 0 Å². The molecule has 0 aliphatic rings. The van der Waals surface area contributed by atoms with Gasteiger partial charge in [0.25, 0.3) is 5.69 Å². The van der Waals surface area contributed by atoms with E-state index in [0.717, 1.165) is 11.1 Å². The molecule has 0 aliphatic carbocycles. The van der Waals surface area contributed by atoms with Crippen LogP contribution in [0.4, 0.5) is 22.7 Å². The Morgan fingerprint density at radius 1 is 0.875 bits per heavy atom. The van der Waals surface area contributed by atoms with Crippen molar-refractivity contribution in [1.82, 2.24) is 0 Å². The molecule has 24 heavy (non-hydrogen) atoms. The summed E-state index contributed by atoms with van der Waals surface area (Å²) in [5.41, 5.74) is 8.77. The highest BCUT2D eigenvalue weighted by atomic mass is 16.8. The van der Waals surface area contributed by atoms with Gasteiger partial charge in [0.05, 0.1) is 10.6 Å². The second-order valence-corrected chi connectivity index (χ2v) is 5.72. The van der Waals surface area contributed by atoms with Gasteiger partial charge in [0.2, 0.25) is 0 Å². The normalized spacial score (nSPS) is 10.4. The minimum atomic E-state index is -0.486. The maximum absolute atomic E-state index is 11.3. The third-order valence-corrected chi connectivity index (χ3v) is 3.62. The smallest absolute Gasteiger partial charge is 0.294 e. The molecule has 0 spiro atoms. The molecule has 0 bridgehead atoms. The Morgan fingerprint density at radius 2 is 1.38 bits per heavy atom. The molecule has 2 aromatic carbocycles. The average molecular weight is 330 g/mol. The largest absolute Gasteiger partial charge is 0.769 e. The third-order valence-electron chi connectivity index (χ3n) is 3.62. The van der Waals surface area contributed by atoms with Gasteiger partial charge in [-0.1, -0.05) is 12.1 Å². The second kappa shape index (κ2) is 6.73. The molecule has 2 rings (SSSR count). The Kier molecular flexibility index (Phi) is 4.91. The van der Waals surface area contributed by atoms with E-state index < -0.39 is 10.1 Å². The Labute approximate surface area is 139 Å². The van der Waals surface area contributed by atoms with Crippen LogP contribution in [0, 0.1) is 48.2 Å². The first kappa shape index (κ1) is 17.5. The number of benzene rings is 2. The molecular formula is C16H18N4O4-2. The van der Waals surface area contributed by atoms with Gasteiger partial charge in [-0.25, -0.2) is 0 Å². The van der Waals surface area contributed by atoms with Crippen molar-refractivity contribution in [2.24, 2.45) is 0 Å². The van der Waals surface area contributed by atoms with Crippen LogP contribution >= 0.6 is 0 Å². The molecule has 0 amide bonds. The van der Waals surface area contributed by atoms with E-state index in [1.54, 1.807) is 39.8 Å². The molecule has 0 saturated carbocycles. The van der Waals surface area contributed by atoms with Gasteiger partial charge in [-0.3, -0.25) is 21.0 Å². The first-order valence-electron chi connectivity index (χ1n) is 7.24. The first-order chi connectivity index (χ1) is 11.2. The lowest BCUT2D eigenvalue weighted by Crippen LogP contribution is -2.16. The van der Waals surface area contributed by atoms with Crippen molar-refractivity contribution in [1.29, 1.82) is 0 Å². The number of aryl methyl sites for hydroxylation is 4. The van der Waals surface area contributed by atoms with Crippen LogP contribution in [0.2, 0.25) is 0 Å². The lowest BCUT2D eigenvalue weighted by molar-refractivity contribution is -0.384. The third kappa shape index (κ3) is 3.55. The van der Waals surface area contributed by atoms with Gasteiger partial charge in [0.1, 0.15) is 5.69 Å². The average Bonchev–Trinajstić information content (AvgIpc) is 2.46. The Hall–Kier alpha value is -2.84. The fourth-order valence-corrected chi connectivity index (χ4v) is 2.63. The lowest BCUT2D eigenvalue weighted by atomic mass is 10.1. The van der Waals surface area contributed by atoms with Crippen LogP contribution in [0.5, 0.6) is 0 Å². The summed E-state index contributed by atoms with van der Waals surface area (Å²) < 4.78 is 0. The van der Waals surface area contributed by atoms with Gasteiger partial charge in [0, 0.05) is 11.8 Å². The zero-order chi connectivity index (χ0) is 18.0. The van der Waals surface area contributed by atoms with Gasteiger partial charge >= 0.3 is 0 Å². The Morgan fingerprint density at radius 3 is 1.92 bits per heavy atom. The van der Waals surface area contributed by atoms with Crippen molar-refractivity contribution in [3.63, 3.8) is 0 Å². The predicted molar refractivity (Wildman–Crippen MR) is 94.9 cm³/mol. The van der Waals surface area contributed by atoms with Crippen LogP contribution in [0.15, 0.2) is 24.3 Å². The molecule has 8 nitrogen and oxygen atoms in total. The first-order valence-corrected chi connectivity index (χ1v) is 7.24. The number of anilines is 3. The molecule has 0 atom stereocenters. The number of nitro benzene ring substituents is 1. The second-order valence-electron chi connectivity index (χ2n) is 5.72. The number of nitro groups is 1. The molecule has 0 saturated heterocycles. The molecule has 0 heterocycles.